The molecule has 1 amide bonds. The van der Waals surface area contributed by atoms with Gasteiger partial charge >= 0.3 is 0 Å². The van der Waals surface area contributed by atoms with E-state index in [1.54, 1.807) is 0 Å². The lowest BCUT2D eigenvalue weighted by atomic mass is 9.92. The molecule has 8 heteroatoms. The Morgan fingerprint density at radius 1 is 1.11 bits per heavy atom. The first kappa shape index (κ1) is 25.9. The fourth-order valence-corrected chi connectivity index (χ4v) is 5.42. The minimum absolute atomic E-state index is 0.0514. The van der Waals surface area contributed by atoms with Gasteiger partial charge in [0.1, 0.15) is 0 Å². The van der Waals surface area contributed by atoms with Crippen molar-refractivity contribution in [2.24, 2.45) is 12.8 Å². The number of nitrogens with two attached hydrogens (primary N) is 1. The van der Waals surface area contributed by atoms with Crippen LogP contribution in [0.3, 0.4) is 0 Å². The fraction of sp³-hybridized carbons (Fsp3) is 0.400. The fourth-order valence-electron chi connectivity index (χ4n) is 5.42. The highest BCUT2D eigenvalue weighted by Crippen LogP contribution is 2.30. The maximum Gasteiger partial charge on any atom is 0.233 e. The number of carbonyl (C=O) groups is 1. The van der Waals surface area contributed by atoms with Crippen LogP contribution in [0.25, 0.3) is 22.2 Å². The molecule has 0 radical (unpaired) electrons. The van der Waals surface area contributed by atoms with Crippen LogP contribution in [-0.4, -0.2) is 37.7 Å². The van der Waals surface area contributed by atoms with E-state index < -0.39 is 0 Å². The summed E-state index contributed by atoms with van der Waals surface area (Å²) in [5, 5.41) is 12.1. The number of fused-ring (bicyclic) bond motifs is 1. The second-order valence-electron chi connectivity index (χ2n) is 10.3. The second-order valence-corrected chi connectivity index (χ2v) is 10.3. The molecule has 1 aliphatic rings. The predicted octanol–water partition coefficient (Wildman–Crippen LogP) is 5.41. The molecular formula is C30H37N7O. The maximum atomic E-state index is 13.1. The maximum absolute atomic E-state index is 13.1. The first-order valence-electron chi connectivity index (χ1n) is 13.7. The molecule has 38 heavy (non-hydrogen) atoms. The number of carbonyl (C=O) groups excluding carboxylic acids is 1. The Morgan fingerprint density at radius 2 is 1.87 bits per heavy atom. The summed E-state index contributed by atoms with van der Waals surface area (Å²) in [5.41, 5.74) is 11.1. The molecule has 4 aromatic rings. The Balaban J connectivity index is 1.38. The van der Waals surface area contributed by atoms with Crippen molar-refractivity contribution in [3.8, 4) is 11.3 Å². The number of nitrogens with one attached hydrogen (secondary N) is 2. The van der Waals surface area contributed by atoms with E-state index in [1.165, 1.54) is 0 Å². The molecule has 1 fully saturated rings. The minimum atomic E-state index is -0.223. The van der Waals surface area contributed by atoms with Gasteiger partial charge in [-0.3, -0.25) is 9.48 Å². The van der Waals surface area contributed by atoms with Crippen molar-refractivity contribution in [2.45, 2.75) is 70.4 Å². The molecule has 2 heterocycles. The summed E-state index contributed by atoms with van der Waals surface area (Å²) in [6.45, 7) is 4.16. The van der Waals surface area contributed by atoms with Crippen molar-refractivity contribution in [3.05, 3.63) is 65.9 Å². The van der Waals surface area contributed by atoms with Crippen LogP contribution in [0.5, 0.6) is 0 Å². The summed E-state index contributed by atoms with van der Waals surface area (Å²) in [7, 11) is 1.90. The van der Waals surface area contributed by atoms with Crippen molar-refractivity contribution in [3.63, 3.8) is 0 Å². The average Bonchev–Trinajstić information content (AvgIpc) is 3.30. The Hall–Kier alpha value is -3.78. The summed E-state index contributed by atoms with van der Waals surface area (Å²) in [5.74, 6) is 0.946. The summed E-state index contributed by atoms with van der Waals surface area (Å²) in [6.07, 6.45) is 7.62. The lowest BCUT2D eigenvalue weighted by Crippen LogP contribution is -2.33. The van der Waals surface area contributed by atoms with Gasteiger partial charge in [0.05, 0.1) is 17.1 Å². The molecule has 2 aromatic heterocycles. The van der Waals surface area contributed by atoms with Crippen LogP contribution in [0.2, 0.25) is 0 Å². The van der Waals surface area contributed by atoms with E-state index in [-0.39, 0.29) is 11.8 Å². The standard InChI is InChI=1S/C30H37N7O/c1-4-19-15-21(16-22-18-32-30(35-28(19)22)33-24-13-11-23(31)12-14-24)26-17-27(36-37(26)3)34-29(38)25(5-2)20-9-7-6-8-10-20/h6-10,15-18,23-25H,4-5,11-14,31H2,1-3H3,(H,32,33,35)(H,34,36,38). The quantitative estimate of drug-likeness (QED) is 0.292. The Bertz CT molecular complexity index is 1410. The van der Waals surface area contributed by atoms with Crippen LogP contribution in [0.15, 0.2) is 54.7 Å². The minimum Gasteiger partial charge on any atom is -0.351 e. The number of anilines is 2. The number of benzene rings is 2. The van der Waals surface area contributed by atoms with E-state index in [4.69, 9.17) is 10.7 Å². The van der Waals surface area contributed by atoms with E-state index >= 15 is 0 Å². The zero-order valence-electron chi connectivity index (χ0n) is 22.4. The third-order valence-electron chi connectivity index (χ3n) is 7.60. The molecule has 198 valence electrons. The van der Waals surface area contributed by atoms with E-state index in [1.807, 2.05) is 61.2 Å². The zero-order valence-corrected chi connectivity index (χ0v) is 22.4. The molecule has 0 bridgehead atoms. The summed E-state index contributed by atoms with van der Waals surface area (Å²) < 4.78 is 1.81. The van der Waals surface area contributed by atoms with E-state index in [2.05, 4.69) is 39.8 Å². The highest BCUT2D eigenvalue weighted by Gasteiger charge is 2.21. The van der Waals surface area contributed by atoms with Crippen molar-refractivity contribution >= 4 is 28.6 Å². The van der Waals surface area contributed by atoms with Crippen LogP contribution in [0.1, 0.15) is 63.0 Å². The SMILES string of the molecule is CCc1cc(-c2cc(NC(=O)C(CC)c3ccccc3)nn2C)cc2cnc(NC3CCC(N)CC3)nc12. The predicted molar refractivity (Wildman–Crippen MR) is 153 cm³/mol. The molecule has 0 spiro atoms. The monoisotopic (exact) mass is 511 g/mol. The number of hydrogen-bond acceptors (Lipinski definition) is 6. The summed E-state index contributed by atoms with van der Waals surface area (Å²) in [4.78, 5) is 22.6. The van der Waals surface area contributed by atoms with Gasteiger partial charge in [-0.15, -0.1) is 0 Å². The average molecular weight is 512 g/mol. The van der Waals surface area contributed by atoms with Crippen molar-refractivity contribution < 1.29 is 4.79 Å². The molecule has 8 nitrogen and oxygen atoms in total. The highest BCUT2D eigenvalue weighted by molar-refractivity contribution is 5.95. The van der Waals surface area contributed by atoms with Crippen LogP contribution < -0.4 is 16.4 Å². The Morgan fingerprint density at radius 3 is 2.58 bits per heavy atom. The molecule has 0 aliphatic heterocycles. The van der Waals surface area contributed by atoms with Gasteiger partial charge in [-0.05, 0) is 61.8 Å². The van der Waals surface area contributed by atoms with E-state index in [9.17, 15) is 4.79 Å². The van der Waals surface area contributed by atoms with E-state index in [0.29, 0.717) is 30.3 Å². The van der Waals surface area contributed by atoms with Gasteiger partial charge < -0.3 is 16.4 Å². The lowest BCUT2D eigenvalue weighted by molar-refractivity contribution is -0.117. The second kappa shape index (κ2) is 11.3. The van der Waals surface area contributed by atoms with Crippen molar-refractivity contribution in [1.29, 1.82) is 0 Å². The number of rotatable bonds is 8. The third kappa shape index (κ3) is 5.55. The lowest BCUT2D eigenvalue weighted by Gasteiger charge is -2.26. The summed E-state index contributed by atoms with van der Waals surface area (Å²) in [6, 6.07) is 16.7. The van der Waals surface area contributed by atoms with Gasteiger partial charge in [-0.1, -0.05) is 44.2 Å². The molecule has 5 rings (SSSR count). The Labute approximate surface area is 224 Å². The molecule has 4 N–H and O–H groups in total. The topological polar surface area (TPSA) is 111 Å². The number of amides is 1. The van der Waals surface area contributed by atoms with Crippen LogP contribution in [0, 0.1) is 0 Å². The van der Waals surface area contributed by atoms with Gasteiger partial charge in [0.25, 0.3) is 0 Å². The molecule has 1 unspecified atom stereocenters. The van der Waals surface area contributed by atoms with Gasteiger partial charge in [-0.2, -0.15) is 5.10 Å². The number of aryl methyl sites for hydroxylation is 2. The van der Waals surface area contributed by atoms with Crippen LogP contribution in [0.4, 0.5) is 11.8 Å². The van der Waals surface area contributed by atoms with Gasteiger partial charge in [0.2, 0.25) is 11.9 Å². The smallest absolute Gasteiger partial charge is 0.233 e. The first-order chi connectivity index (χ1) is 18.4. The van der Waals surface area contributed by atoms with Crippen LogP contribution in [-0.2, 0) is 18.3 Å². The number of nitrogens with zero attached hydrogens (tertiary/aromatic N) is 4. The number of aromatic nitrogens is 4. The molecule has 1 saturated carbocycles. The van der Waals surface area contributed by atoms with Crippen molar-refractivity contribution in [2.75, 3.05) is 10.6 Å². The van der Waals surface area contributed by atoms with Gasteiger partial charge in [-0.25, -0.2) is 9.97 Å². The van der Waals surface area contributed by atoms with E-state index in [0.717, 1.165) is 65.4 Å². The third-order valence-corrected chi connectivity index (χ3v) is 7.60. The van der Waals surface area contributed by atoms with Crippen LogP contribution >= 0.6 is 0 Å². The van der Waals surface area contributed by atoms with Gasteiger partial charge in [0.15, 0.2) is 5.82 Å². The largest absolute Gasteiger partial charge is 0.351 e. The Kier molecular flexibility index (Phi) is 7.69. The molecular weight excluding hydrogens is 474 g/mol. The molecule has 1 atom stereocenters. The first-order valence-corrected chi connectivity index (χ1v) is 13.7. The number of hydrogen-bond donors (Lipinski definition) is 3. The molecule has 0 saturated heterocycles. The molecule has 2 aromatic carbocycles. The van der Waals surface area contributed by atoms with Gasteiger partial charge in [0, 0.05) is 42.3 Å². The summed E-state index contributed by atoms with van der Waals surface area (Å²) >= 11 is 0. The normalized spacial score (nSPS) is 18.3. The highest BCUT2D eigenvalue weighted by atomic mass is 16.2. The van der Waals surface area contributed by atoms with Crippen molar-refractivity contribution in [1.82, 2.24) is 19.7 Å². The molecule has 1 aliphatic carbocycles. The zero-order chi connectivity index (χ0) is 26.6.